The van der Waals surface area contributed by atoms with Crippen molar-refractivity contribution in [3.63, 3.8) is 0 Å². The Bertz CT molecular complexity index is 905. The third kappa shape index (κ3) is 4.25. The highest BCUT2D eigenvalue weighted by molar-refractivity contribution is 8.16. The summed E-state index contributed by atoms with van der Waals surface area (Å²) in [5.41, 5.74) is -0.966. The average molecular weight is 443 g/mol. The molecule has 0 N–H and O–H groups in total. The standard InChI is InChI=1S/C15H14ClF3N2O4S2/c1-25-5-13(22)20-14-21(11-6-27(23,24)7-12(11)26-14)10-4-8(15(17,18)19)2-3-9(10)16/h2-4,11-12H,5-7H2,1H3/t11-,12-/m1/s1. The number of alkyl halides is 3. The molecule has 2 aliphatic heterocycles. The largest absolute Gasteiger partial charge is 0.416 e. The molecule has 0 unspecified atom stereocenters. The molecule has 148 valence electrons. The summed E-state index contributed by atoms with van der Waals surface area (Å²) >= 11 is 7.16. The van der Waals surface area contributed by atoms with Crippen molar-refractivity contribution >= 4 is 50.0 Å². The number of halogens is 4. The molecule has 0 radical (unpaired) electrons. The highest BCUT2D eigenvalue weighted by Gasteiger charge is 2.50. The van der Waals surface area contributed by atoms with E-state index in [1.807, 2.05) is 0 Å². The van der Waals surface area contributed by atoms with E-state index < -0.39 is 38.8 Å². The number of amides is 1. The van der Waals surface area contributed by atoms with Crippen molar-refractivity contribution in [2.75, 3.05) is 30.1 Å². The summed E-state index contributed by atoms with van der Waals surface area (Å²) in [5.74, 6) is -1.03. The number of aliphatic imine (C=N–C) groups is 1. The van der Waals surface area contributed by atoms with Crippen molar-refractivity contribution < 1.29 is 31.1 Å². The van der Waals surface area contributed by atoms with E-state index in [-0.39, 0.29) is 34.0 Å². The number of thioether (sulfide) groups is 1. The maximum absolute atomic E-state index is 13.1. The summed E-state index contributed by atoms with van der Waals surface area (Å²) in [5, 5.41) is -0.335. The minimum atomic E-state index is -4.60. The third-order valence-electron chi connectivity index (χ3n) is 4.09. The first-order chi connectivity index (χ1) is 12.5. The van der Waals surface area contributed by atoms with Crippen LogP contribution >= 0.6 is 23.4 Å². The molecule has 2 saturated heterocycles. The zero-order chi connectivity index (χ0) is 20.0. The molecule has 2 aliphatic rings. The zero-order valence-corrected chi connectivity index (χ0v) is 16.3. The molecule has 0 spiro atoms. The van der Waals surface area contributed by atoms with Crippen LogP contribution in [0, 0.1) is 0 Å². The number of carbonyl (C=O) groups is 1. The summed E-state index contributed by atoms with van der Waals surface area (Å²) < 4.78 is 68.0. The minimum absolute atomic E-state index is 0.000406. The van der Waals surface area contributed by atoms with Crippen LogP contribution in [0.3, 0.4) is 0 Å². The van der Waals surface area contributed by atoms with Crippen LogP contribution in [-0.2, 0) is 25.5 Å². The van der Waals surface area contributed by atoms with Gasteiger partial charge in [-0.25, -0.2) is 8.42 Å². The van der Waals surface area contributed by atoms with Gasteiger partial charge < -0.3 is 9.64 Å². The molecule has 6 nitrogen and oxygen atoms in total. The number of anilines is 1. The number of benzene rings is 1. The number of methoxy groups -OCH3 is 1. The quantitative estimate of drug-likeness (QED) is 0.716. The van der Waals surface area contributed by atoms with Gasteiger partial charge in [-0.2, -0.15) is 18.2 Å². The second-order valence-corrected chi connectivity index (χ2v) is 9.82. The number of nitrogens with zero attached hydrogens (tertiary/aromatic N) is 2. The normalized spacial score (nSPS) is 25.8. The lowest BCUT2D eigenvalue weighted by Gasteiger charge is -2.26. The van der Waals surface area contributed by atoms with Crippen LogP contribution in [-0.4, -0.2) is 56.0 Å². The van der Waals surface area contributed by atoms with Crippen LogP contribution < -0.4 is 4.90 Å². The van der Waals surface area contributed by atoms with Crippen LogP contribution in [0.4, 0.5) is 18.9 Å². The fourth-order valence-electron chi connectivity index (χ4n) is 2.98. The number of hydrogen-bond donors (Lipinski definition) is 0. The number of hydrogen-bond acceptors (Lipinski definition) is 5. The molecule has 0 saturated carbocycles. The van der Waals surface area contributed by atoms with Crippen molar-refractivity contribution in [1.82, 2.24) is 0 Å². The second-order valence-electron chi connectivity index (χ2n) is 6.06. The fraction of sp³-hybridized carbons (Fsp3) is 0.467. The topological polar surface area (TPSA) is 76.0 Å². The Balaban J connectivity index is 2.09. The fourth-order valence-corrected chi connectivity index (χ4v) is 7.11. The lowest BCUT2D eigenvalue weighted by atomic mass is 10.1. The van der Waals surface area contributed by atoms with Gasteiger partial charge in [-0.1, -0.05) is 23.4 Å². The third-order valence-corrected chi connectivity index (χ3v) is 7.62. The first kappa shape index (κ1) is 20.4. The molecule has 3 rings (SSSR count). The lowest BCUT2D eigenvalue weighted by Crippen LogP contribution is -2.38. The van der Waals surface area contributed by atoms with Gasteiger partial charge in [0.25, 0.3) is 5.91 Å². The molecular weight excluding hydrogens is 429 g/mol. The van der Waals surface area contributed by atoms with E-state index in [1.165, 1.54) is 12.0 Å². The van der Waals surface area contributed by atoms with Crippen molar-refractivity contribution in [1.29, 1.82) is 0 Å². The van der Waals surface area contributed by atoms with Gasteiger partial charge in [0.15, 0.2) is 15.0 Å². The number of carbonyl (C=O) groups excluding carboxylic acids is 1. The van der Waals surface area contributed by atoms with Gasteiger partial charge in [-0.05, 0) is 18.2 Å². The van der Waals surface area contributed by atoms with E-state index >= 15 is 0 Å². The van der Waals surface area contributed by atoms with E-state index in [1.54, 1.807) is 0 Å². The van der Waals surface area contributed by atoms with Gasteiger partial charge >= 0.3 is 6.18 Å². The molecule has 1 aromatic rings. The summed E-state index contributed by atoms with van der Waals surface area (Å²) in [7, 11) is -2.04. The van der Waals surface area contributed by atoms with Crippen LogP contribution in [0.1, 0.15) is 5.56 Å². The van der Waals surface area contributed by atoms with Gasteiger partial charge in [-0.3, -0.25) is 4.79 Å². The first-order valence-electron chi connectivity index (χ1n) is 7.65. The SMILES string of the molecule is COCC(=O)N=C1S[C@@H]2CS(=O)(=O)C[C@H]2N1c1cc(C(F)(F)F)ccc1Cl. The van der Waals surface area contributed by atoms with Gasteiger partial charge in [0.1, 0.15) is 6.61 Å². The lowest BCUT2D eigenvalue weighted by molar-refractivity contribution is -0.137. The molecule has 2 heterocycles. The smallest absolute Gasteiger partial charge is 0.375 e. The Hall–Kier alpha value is -1.30. The van der Waals surface area contributed by atoms with E-state index in [9.17, 15) is 26.4 Å². The number of amidine groups is 1. The van der Waals surface area contributed by atoms with E-state index in [0.29, 0.717) is 0 Å². The van der Waals surface area contributed by atoms with Crippen molar-refractivity contribution in [2.24, 2.45) is 4.99 Å². The number of ether oxygens (including phenoxy) is 1. The van der Waals surface area contributed by atoms with Crippen molar-refractivity contribution in [3.8, 4) is 0 Å². The monoisotopic (exact) mass is 442 g/mol. The van der Waals surface area contributed by atoms with Crippen molar-refractivity contribution in [3.05, 3.63) is 28.8 Å². The Morgan fingerprint density at radius 1 is 1.41 bits per heavy atom. The minimum Gasteiger partial charge on any atom is -0.375 e. The predicted octanol–water partition coefficient (Wildman–Crippen LogP) is 2.61. The zero-order valence-electron chi connectivity index (χ0n) is 13.9. The summed E-state index contributed by atoms with van der Waals surface area (Å²) in [6.07, 6.45) is -4.60. The van der Waals surface area contributed by atoms with Crippen LogP contribution in [0.2, 0.25) is 5.02 Å². The molecule has 27 heavy (non-hydrogen) atoms. The Morgan fingerprint density at radius 3 is 2.74 bits per heavy atom. The second kappa shape index (κ2) is 7.26. The Kier molecular flexibility index (Phi) is 5.50. The molecule has 2 atom stereocenters. The van der Waals surface area contributed by atoms with Gasteiger partial charge in [0.2, 0.25) is 0 Å². The van der Waals surface area contributed by atoms with Gasteiger partial charge in [0, 0.05) is 12.4 Å². The Labute approximate surface area is 162 Å². The van der Waals surface area contributed by atoms with Crippen LogP contribution in [0.15, 0.2) is 23.2 Å². The molecule has 1 amide bonds. The first-order valence-corrected chi connectivity index (χ1v) is 10.7. The Morgan fingerprint density at radius 2 is 2.11 bits per heavy atom. The maximum atomic E-state index is 13.1. The maximum Gasteiger partial charge on any atom is 0.416 e. The number of rotatable bonds is 3. The van der Waals surface area contributed by atoms with E-state index in [2.05, 4.69) is 4.99 Å². The molecular formula is C15H14ClF3N2O4S2. The predicted molar refractivity (Wildman–Crippen MR) is 97.1 cm³/mol. The highest BCUT2D eigenvalue weighted by Crippen LogP contribution is 2.44. The molecule has 0 aromatic heterocycles. The van der Waals surface area contributed by atoms with Crippen molar-refractivity contribution in [2.45, 2.75) is 17.5 Å². The molecule has 1 aromatic carbocycles. The van der Waals surface area contributed by atoms with E-state index in [0.717, 1.165) is 30.0 Å². The summed E-state index contributed by atoms with van der Waals surface area (Å²) in [6, 6.07) is 2.11. The molecule has 0 aliphatic carbocycles. The summed E-state index contributed by atoms with van der Waals surface area (Å²) in [4.78, 5) is 17.1. The molecule has 2 fully saturated rings. The van der Waals surface area contributed by atoms with Gasteiger partial charge in [-0.15, -0.1) is 0 Å². The number of fused-ring (bicyclic) bond motifs is 1. The number of sulfone groups is 1. The van der Waals surface area contributed by atoms with Crippen LogP contribution in [0.25, 0.3) is 0 Å². The van der Waals surface area contributed by atoms with E-state index in [4.69, 9.17) is 16.3 Å². The van der Waals surface area contributed by atoms with Gasteiger partial charge in [0.05, 0.1) is 33.8 Å². The molecule has 0 bridgehead atoms. The highest BCUT2D eigenvalue weighted by atomic mass is 35.5. The summed E-state index contributed by atoms with van der Waals surface area (Å²) in [6.45, 7) is -0.304. The average Bonchev–Trinajstić information content (AvgIpc) is 2.98. The van der Waals surface area contributed by atoms with Crippen LogP contribution in [0.5, 0.6) is 0 Å². The molecule has 12 heteroatoms.